The zero-order valence-electron chi connectivity index (χ0n) is 21.7. The minimum atomic E-state index is -0.940. The SMILES string of the molecule is Cc1ccc(CN2C(=O)O[C@H](c3cccc(NC(=O)c4cccc(Cl)c4)c3)[C@H]2C(=O)NCc2cccnc2)cc1. The molecule has 202 valence electrons. The van der Waals surface area contributed by atoms with Crippen LogP contribution in [0.3, 0.4) is 0 Å². The summed E-state index contributed by atoms with van der Waals surface area (Å²) in [4.78, 5) is 45.0. The number of ether oxygens (including phenoxy) is 1. The molecule has 0 aliphatic carbocycles. The first kappa shape index (κ1) is 26.9. The van der Waals surface area contributed by atoms with Gasteiger partial charge in [-0.3, -0.25) is 19.5 Å². The summed E-state index contributed by atoms with van der Waals surface area (Å²) in [7, 11) is 0. The molecule has 0 unspecified atom stereocenters. The summed E-state index contributed by atoms with van der Waals surface area (Å²) in [6.45, 7) is 2.43. The molecule has 5 rings (SSSR count). The van der Waals surface area contributed by atoms with E-state index in [-0.39, 0.29) is 24.9 Å². The number of nitrogens with one attached hydrogen (secondary N) is 2. The molecule has 2 N–H and O–H groups in total. The average molecular weight is 555 g/mol. The van der Waals surface area contributed by atoms with Gasteiger partial charge in [-0.2, -0.15) is 0 Å². The molecule has 3 aromatic carbocycles. The smallest absolute Gasteiger partial charge is 0.411 e. The lowest BCUT2D eigenvalue weighted by atomic mass is 9.99. The van der Waals surface area contributed by atoms with E-state index in [0.29, 0.717) is 21.8 Å². The number of halogens is 1. The summed E-state index contributed by atoms with van der Waals surface area (Å²) in [5.41, 5.74) is 4.26. The van der Waals surface area contributed by atoms with Crippen LogP contribution in [0.1, 0.15) is 38.7 Å². The number of hydrogen-bond donors (Lipinski definition) is 2. The van der Waals surface area contributed by atoms with Crippen molar-refractivity contribution in [3.05, 3.63) is 130 Å². The van der Waals surface area contributed by atoms with Crippen LogP contribution in [0.4, 0.5) is 10.5 Å². The van der Waals surface area contributed by atoms with Crippen molar-refractivity contribution in [1.82, 2.24) is 15.2 Å². The van der Waals surface area contributed by atoms with Gasteiger partial charge in [-0.1, -0.05) is 65.7 Å². The van der Waals surface area contributed by atoms with Crippen molar-refractivity contribution >= 4 is 35.2 Å². The van der Waals surface area contributed by atoms with Gasteiger partial charge in [0.2, 0.25) is 5.91 Å². The first-order valence-corrected chi connectivity index (χ1v) is 13.1. The van der Waals surface area contributed by atoms with Crippen LogP contribution in [0.5, 0.6) is 0 Å². The summed E-state index contributed by atoms with van der Waals surface area (Å²) < 4.78 is 5.79. The molecule has 9 heteroatoms. The maximum absolute atomic E-state index is 13.6. The van der Waals surface area contributed by atoms with E-state index in [4.69, 9.17) is 16.3 Å². The second-order valence-electron chi connectivity index (χ2n) is 9.53. The van der Waals surface area contributed by atoms with Crippen LogP contribution >= 0.6 is 11.6 Å². The normalized spacial score (nSPS) is 16.4. The highest BCUT2D eigenvalue weighted by Gasteiger charge is 2.47. The second-order valence-corrected chi connectivity index (χ2v) is 9.97. The Morgan fingerprint density at radius 2 is 1.77 bits per heavy atom. The Morgan fingerprint density at radius 3 is 2.52 bits per heavy atom. The molecule has 2 heterocycles. The van der Waals surface area contributed by atoms with E-state index in [1.807, 2.05) is 37.3 Å². The molecule has 2 atom stereocenters. The van der Waals surface area contributed by atoms with Crippen LogP contribution in [0.2, 0.25) is 5.02 Å². The van der Waals surface area contributed by atoms with Gasteiger partial charge >= 0.3 is 6.09 Å². The Morgan fingerprint density at radius 1 is 0.975 bits per heavy atom. The van der Waals surface area contributed by atoms with Gasteiger partial charge in [-0.15, -0.1) is 0 Å². The molecular weight excluding hydrogens is 528 g/mol. The fourth-order valence-electron chi connectivity index (χ4n) is 4.52. The van der Waals surface area contributed by atoms with Crippen molar-refractivity contribution < 1.29 is 19.1 Å². The van der Waals surface area contributed by atoms with Gasteiger partial charge in [-0.25, -0.2) is 4.79 Å². The van der Waals surface area contributed by atoms with E-state index in [9.17, 15) is 14.4 Å². The number of carbonyl (C=O) groups is 3. The number of aryl methyl sites for hydroxylation is 1. The number of rotatable bonds is 8. The number of pyridine rings is 1. The average Bonchev–Trinajstić information content (AvgIpc) is 3.29. The highest BCUT2D eigenvalue weighted by Crippen LogP contribution is 2.35. The number of nitrogens with zero attached hydrogens (tertiary/aromatic N) is 2. The monoisotopic (exact) mass is 554 g/mol. The van der Waals surface area contributed by atoms with E-state index < -0.39 is 18.2 Å². The molecule has 1 fully saturated rings. The Balaban J connectivity index is 1.40. The summed E-state index contributed by atoms with van der Waals surface area (Å²) in [6, 6.07) is 24.0. The topological polar surface area (TPSA) is 101 Å². The van der Waals surface area contributed by atoms with Crippen LogP contribution < -0.4 is 10.6 Å². The van der Waals surface area contributed by atoms with Crippen molar-refractivity contribution in [2.75, 3.05) is 5.32 Å². The predicted octanol–water partition coefficient (Wildman–Crippen LogP) is 5.67. The molecule has 40 heavy (non-hydrogen) atoms. The highest BCUT2D eigenvalue weighted by molar-refractivity contribution is 6.31. The number of anilines is 1. The third-order valence-electron chi connectivity index (χ3n) is 6.58. The maximum Gasteiger partial charge on any atom is 0.411 e. The van der Waals surface area contributed by atoms with Crippen LogP contribution in [-0.2, 0) is 22.6 Å². The molecule has 0 saturated carbocycles. The number of amides is 3. The Labute approximate surface area is 236 Å². The molecule has 1 saturated heterocycles. The van der Waals surface area contributed by atoms with Gasteiger partial charge in [0.05, 0.1) is 6.54 Å². The summed E-state index contributed by atoms with van der Waals surface area (Å²) in [5.74, 6) is -0.699. The number of carbonyl (C=O) groups excluding carboxylic acids is 3. The molecular formula is C31H27ClN4O4. The lowest BCUT2D eigenvalue weighted by molar-refractivity contribution is -0.126. The summed E-state index contributed by atoms with van der Waals surface area (Å²) in [6.07, 6.45) is 1.84. The molecule has 4 aromatic rings. The third kappa shape index (κ3) is 6.30. The lowest BCUT2D eigenvalue weighted by Gasteiger charge is -2.24. The van der Waals surface area contributed by atoms with E-state index in [1.165, 1.54) is 4.90 Å². The second kappa shape index (κ2) is 12.0. The van der Waals surface area contributed by atoms with Crippen molar-refractivity contribution in [1.29, 1.82) is 0 Å². The van der Waals surface area contributed by atoms with Gasteiger partial charge in [0.1, 0.15) is 0 Å². The Hall–Kier alpha value is -4.69. The van der Waals surface area contributed by atoms with Crippen molar-refractivity contribution in [2.45, 2.75) is 32.2 Å². The summed E-state index contributed by atoms with van der Waals surface area (Å²) in [5, 5.41) is 6.22. The minimum absolute atomic E-state index is 0.200. The summed E-state index contributed by atoms with van der Waals surface area (Å²) >= 11 is 6.03. The molecule has 1 aliphatic heterocycles. The van der Waals surface area contributed by atoms with Gasteiger partial charge < -0.3 is 15.4 Å². The van der Waals surface area contributed by atoms with Crippen LogP contribution in [0.15, 0.2) is 97.3 Å². The molecule has 0 bridgehead atoms. The van der Waals surface area contributed by atoms with Crippen molar-refractivity contribution in [3.63, 3.8) is 0 Å². The van der Waals surface area contributed by atoms with E-state index >= 15 is 0 Å². The number of hydrogen-bond acceptors (Lipinski definition) is 5. The molecule has 0 radical (unpaired) electrons. The minimum Gasteiger partial charge on any atom is -0.438 e. The van der Waals surface area contributed by atoms with Crippen molar-refractivity contribution in [3.8, 4) is 0 Å². The van der Waals surface area contributed by atoms with E-state index in [1.54, 1.807) is 67.0 Å². The standard InChI is InChI=1S/C31H27ClN4O4/c1-20-10-12-21(13-11-20)19-36-27(30(38)34-18-22-5-4-14-33-17-22)28(40-31(36)39)23-6-3-9-26(16-23)35-29(37)24-7-2-8-25(32)15-24/h2-17,27-28H,18-19H2,1H3,(H,34,38)(H,35,37)/t27-,28+/m0/s1. The van der Waals surface area contributed by atoms with Crippen LogP contribution in [-0.4, -0.2) is 33.8 Å². The largest absolute Gasteiger partial charge is 0.438 e. The van der Waals surface area contributed by atoms with Gasteiger partial charge in [0.15, 0.2) is 12.1 Å². The zero-order valence-corrected chi connectivity index (χ0v) is 22.5. The molecule has 1 aliphatic rings. The highest BCUT2D eigenvalue weighted by atomic mass is 35.5. The first-order chi connectivity index (χ1) is 19.4. The quantitative estimate of drug-likeness (QED) is 0.292. The van der Waals surface area contributed by atoms with Gasteiger partial charge in [0.25, 0.3) is 5.91 Å². The van der Waals surface area contributed by atoms with Gasteiger partial charge in [-0.05, 0) is 60.0 Å². The van der Waals surface area contributed by atoms with Crippen LogP contribution in [0, 0.1) is 6.92 Å². The van der Waals surface area contributed by atoms with Crippen LogP contribution in [0.25, 0.3) is 0 Å². The molecule has 8 nitrogen and oxygen atoms in total. The number of aromatic nitrogens is 1. The fraction of sp³-hybridized carbons (Fsp3) is 0.161. The predicted molar refractivity (Wildman–Crippen MR) is 152 cm³/mol. The lowest BCUT2D eigenvalue weighted by Crippen LogP contribution is -2.46. The van der Waals surface area contributed by atoms with E-state index in [2.05, 4.69) is 15.6 Å². The Bertz CT molecular complexity index is 1530. The first-order valence-electron chi connectivity index (χ1n) is 12.7. The molecule has 3 amide bonds. The maximum atomic E-state index is 13.6. The fourth-order valence-corrected chi connectivity index (χ4v) is 4.71. The molecule has 0 spiro atoms. The third-order valence-corrected chi connectivity index (χ3v) is 6.81. The molecule has 1 aromatic heterocycles. The Kier molecular flexibility index (Phi) is 8.07. The number of cyclic esters (lactones) is 1. The van der Waals surface area contributed by atoms with Crippen molar-refractivity contribution in [2.24, 2.45) is 0 Å². The van der Waals surface area contributed by atoms with E-state index in [0.717, 1.165) is 16.7 Å². The zero-order chi connectivity index (χ0) is 28.1. The van der Waals surface area contributed by atoms with Gasteiger partial charge in [0, 0.05) is 35.2 Å². The number of benzene rings is 3.